The van der Waals surface area contributed by atoms with E-state index in [0.717, 1.165) is 5.69 Å². The molecule has 0 spiro atoms. The van der Waals surface area contributed by atoms with Crippen LogP contribution < -0.4 is 10.6 Å². The summed E-state index contributed by atoms with van der Waals surface area (Å²) in [5, 5.41) is 0. The number of likely N-dealkylation sites (N-methyl/N-ethyl adjacent to an activating group) is 1. The first-order valence-electron chi connectivity index (χ1n) is 4.73. The molecule has 2 N–H and O–H groups in total. The van der Waals surface area contributed by atoms with Gasteiger partial charge in [0.25, 0.3) is 0 Å². The number of benzene rings is 1. The fourth-order valence-corrected chi connectivity index (χ4v) is 1.35. The van der Waals surface area contributed by atoms with Gasteiger partial charge in [0, 0.05) is 7.05 Å². The van der Waals surface area contributed by atoms with Crippen molar-refractivity contribution in [2.24, 2.45) is 0 Å². The molecule has 0 radical (unpaired) electrons. The molecule has 1 unspecified atom stereocenters. The third kappa shape index (κ3) is 2.40. The van der Waals surface area contributed by atoms with Crippen LogP contribution in [0, 0.1) is 0 Å². The van der Waals surface area contributed by atoms with Crippen LogP contribution in [-0.2, 0) is 9.53 Å². The normalized spacial score (nSPS) is 11.9. The highest BCUT2D eigenvalue weighted by Gasteiger charge is 2.19. The van der Waals surface area contributed by atoms with Crippen LogP contribution in [0.15, 0.2) is 24.3 Å². The molecular weight excluding hydrogens is 192 g/mol. The van der Waals surface area contributed by atoms with E-state index in [1.807, 2.05) is 25.2 Å². The standard InChI is InChI=1S/C11H16N2O2/c1-8(11(14)15-3)13(2)10-7-5-4-6-9(10)12/h4-8H,12H2,1-3H3. The van der Waals surface area contributed by atoms with E-state index in [9.17, 15) is 4.79 Å². The van der Waals surface area contributed by atoms with Crippen molar-refractivity contribution in [3.8, 4) is 0 Å². The summed E-state index contributed by atoms with van der Waals surface area (Å²) >= 11 is 0. The van der Waals surface area contributed by atoms with Gasteiger partial charge in [0.05, 0.1) is 18.5 Å². The Hall–Kier alpha value is -1.71. The number of nitrogens with two attached hydrogens (primary N) is 1. The predicted octanol–water partition coefficient (Wildman–Crippen LogP) is 1.27. The van der Waals surface area contributed by atoms with E-state index in [1.54, 1.807) is 17.9 Å². The van der Waals surface area contributed by atoms with Crippen molar-refractivity contribution < 1.29 is 9.53 Å². The molecule has 0 bridgehead atoms. The average molecular weight is 208 g/mol. The second-order valence-electron chi connectivity index (χ2n) is 3.37. The van der Waals surface area contributed by atoms with Crippen molar-refractivity contribution in [2.75, 3.05) is 24.8 Å². The zero-order chi connectivity index (χ0) is 11.4. The predicted molar refractivity (Wildman–Crippen MR) is 60.7 cm³/mol. The monoisotopic (exact) mass is 208 g/mol. The number of anilines is 2. The number of esters is 1. The van der Waals surface area contributed by atoms with Gasteiger partial charge in [0.2, 0.25) is 0 Å². The lowest BCUT2D eigenvalue weighted by atomic mass is 10.2. The number of para-hydroxylation sites is 2. The van der Waals surface area contributed by atoms with Crippen LogP contribution >= 0.6 is 0 Å². The molecule has 0 amide bonds. The van der Waals surface area contributed by atoms with Crippen LogP contribution in [0.2, 0.25) is 0 Å². The Bertz CT molecular complexity index is 352. The molecule has 82 valence electrons. The summed E-state index contributed by atoms with van der Waals surface area (Å²) in [7, 11) is 3.19. The fraction of sp³-hybridized carbons (Fsp3) is 0.364. The molecule has 4 heteroatoms. The van der Waals surface area contributed by atoms with E-state index in [4.69, 9.17) is 5.73 Å². The van der Waals surface area contributed by atoms with E-state index in [1.165, 1.54) is 7.11 Å². The van der Waals surface area contributed by atoms with Gasteiger partial charge in [0.1, 0.15) is 6.04 Å². The molecule has 0 fully saturated rings. The number of rotatable bonds is 3. The number of hydrogen-bond donors (Lipinski definition) is 1. The smallest absolute Gasteiger partial charge is 0.328 e. The molecule has 0 aliphatic carbocycles. The summed E-state index contributed by atoms with van der Waals surface area (Å²) in [6.07, 6.45) is 0. The Labute approximate surface area is 89.6 Å². The van der Waals surface area contributed by atoms with Gasteiger partial charge in [0.15, 0.2) is 0 Å². The average Bonchev–Trinajstić information content (AvgIpc) is 2.26. The van der Waals surface area contributed by atoms with Crippen LogP contribution in [0.5, 0.6) is 0 Å². The lowest BCUT2D eigenvalue weighted by Crippen LogP contribution is -2.37. The zero-order valence-electron chi connectivity index (χ0n) is 9.23. The minimum Gasteiger partial charge on any atom is -0.467 e. The first kappa shape index (κ1) is 11.4. The third-order valence-corrected chi connectivity index (χ3v) is 2.44. The van der Waals surface area contributed by atoms with Gasteiger partial charge < -0.3 is 15.4 Å². The van der Waals surface area contributed by atoms with Crippen LogP contribution in [0.3, 0.4) is 0 Å². The minimum atomic E-state index is -0.348. The van der Waals surface area contributed by atoms with Crippen LogP contribution in [0.25, 0.3) is 0 Å². The molecule has 15 heavy (non-hydrogen) atoms. The first-order valence-corrected chi connectivity index (χ1v) is 4.73. The van der Waals surface area contributed by atoms with Gasteiger partial charge in [-0.2, -0.15) is 0 Å². The van der Waals surface area contributed by atoms with Crippen LogP contribution in [0.1, 0.15) is 6.92 Å². The molecular formula is C11H16N2O2. The largest absolute Gasteiger partial charge is 0.467 e. The zero-order valence-corrected chi connectivity index (χ0v) is 9.23. The Morgan fingerprint density at radius 3 is 2.60 bits per heavy atom. The van der Waals surface area contributed by atoms with Gasteiger partial charge in [-0.25, -0.2) is 4.79 Å². The number of nitrogens with zero attached hydrogens (tertiary/aromatic N) is 1. The number of hydrogen-bond acceptors (Lipinski definition) is 4. The van der Waals surface area contributed by atoms with Gasteiger partial charge in [-0.15, -0.1) is 0 Å². The second kappa shape index (κ2) is 4.68. The highest BCUT2D eigenvalue weighted by Crippen LogP contribution is 2.22. The summed E-state index contributed by atoms with van der Waals surface area (Å²) < 4.78 is 4.67. The molecule has 0 aromatic heterocycles. The van der Waals surface area contributed by atoms with Crippen molar-refractivity contribution in [1.82, 2.24) is 0 Å². The fourth-order valence-electron chi connectivity index (χ4n) is 1.35. The molecule has 0 heterocycles. The Morgan fingerprint density at radius 2 is 2.07 bits per heavy atom. The van der Waals surface area contributed by atoms with Crippen molar-refractivity contribution in [2.45, 2.75) is 13.0 Å². The Balaban J connectivity index is 2.89. The summed E-state index contributed by atoms with van der Waals surface area (Å²) in [4.78, 5) is 13.1. The molecule has 0 saturated heterocycles. The van der Waals surface area contributed by atoms with E-state index >= 15 is 0 Å². The van der Waals surface area contributed by atoms with E-state index in [0.29, 0.717) is 5.69 Å². The quantitative estimate of drug-likeness (QED) is 0.600. The van der Waals surface area contributed by atoms with Crippen molar-refractivity contribution in [1.29, 1.82) is 0 Å². The number of ether oxygens (including phenoxy) is 1. The van der Waals surface area contributed by atoms with E-state index in [-0.39, 0.29) is 12.0 Å². The lowest BCUT2D eigenvalue weighted by molar-refractivity contribution is -0.141. The second-order valence-corrected chi connectivity index (χ2v) is 3.37. The molecule has 0 saturated carbocycles. The maximum Gasteiger partial charge on any atom is 0.328 e. The molecule has 4 nitrogen and oxygen atoms in total. The van der Waals surface area contributed by atoms with Crippen molar-refractivity contribution >= 4 is 17.3 Å². The maximum absolute atomic E-state index is 11.3. The minimum absolute atomic E-state index is 0.277. The van der Waals surface area contributed by atoms with Gasteiger partial charge in [-0.1, -0.05) is 12.1 Å². The SMILES string of the molecule is COC(=O)C(C)N(C)c1ccccc1N. The number of nitrogen functional groups attached to an aromatic ring is 1. The van der Waals surface area contributed by atoms with Crippen molar-refractivity contribution in [3.63, 3.8) is 0 Å². The Morgan fingerprint density at radius 1 is 1.47 bits per heavy atom. The Kier molecular flexibility index (Phi) is 3.55. The van der Waals surface area contributed by atoms with Crippen LogP contribution in [0.4, 0.5) is 11.4 Å². The summed E-state index contributed by atoms with van der Waals surface area (Å²) in [6.45, 7) is 1.78. The lowest BCUT2D eigenvalue weighted by Gasteiger charge is -2.25. The topological polar surface area (TPSA) is 55.6 Å². The number of carbonyl (C=O) groups is 1. The van der Waals surface area contributed by atoms with Gasteiger partial charge in [-0.05, 0) is 19.1 Å². The summed E-state index contributed by atoms with van der Waals surface area (Å²) in [5.74, 6) is -0.277. The maximum atomic E-state index is 11.3. The molecule has 1 aromatic carbocycles. The molecule has 0 aliphatic heterocycles. The third-order valence-electron chi connectivity index (χ3n) is 2.44. The highest BCUT2D eigenvalue weighted by atomic mass is 16.5. The molecule has 0 aliphatic rings. The van der Waals surface area contributed by atoms with Crippen LogP contribution in [-0.4, -0.2) is 26.2 Å². The van der Waals surface area contributed by atoms with Crippen molar-refractivity contribution in [3.05, 3.63) is 24.3 Å². The molecule has 1 atom stereocenters. The van der Waals surface area contributed by atoms with E-state index in [2.05, 4.69) is 4.74 Å². The molecule has 1 rings (SSSR count). The van der Waals surface area contributed by atoms with Gasteiger partial charge >= 0.3 is 5.97 Å². The first-order chi connectivity index (χ1) is 7.07. The van der Waals surface area contributed by atoms with Gasteiger partial charge in [-0.3, -0.25) is 0 Å². The number of carbonyl (C=O) groups excluding carboxylic acids is 1. The summed E-state index contributed by atoms with van der Waals surface area (Å²) in [6, 6.07) is 7.06. The summed E-state index contributed by atoms with van der Waals surface area (Å²) in [5.41, 5.74) is 7.29. The molecule has 1 aromatic rings. The highest BCUT2D eigenvalue weighted by molar-refractivity contribution is 5.81. The number of methoxy groups -OCH3 is 1. The van der Waals surface area contributed by atoms with E-state index < -0.39 is 0 Å².